The maximum Gasteiger partial charge on any atom is 0.163 e. The van der Waals surface area contributed by atoms with Gasteiger partial charge in [0.05, 0.1) is 6.61 Å². The summed E-state index contributed by atoms with van der Waals surface area (Å²) in [7, 11) is 0. The summed E-state index contributed by atoms with van der Waals surface area (Å²) in [5, 5.41) is 0. The van der Waals surface area contributed by atoms with Crippen LogP contribution in [0.25, 0.3) is 0 Å². The number of carbonyl (C=O) groups is 1. The molecule has 0 aliphatic carbocycles. The summed E-state index contributed by atoms with van der Waals surface area (Å²) in [6.45, 7) is 12.3. The lowest BCUT2D eigenvalue weighted by Crippen LogP contribution is -2.25. The van der Waals surface area contributed by atoms with Crippen molar-refractivity contribution in [1.82, 2.24) is 4.90 Å². The van der Waals surface area contributed by atoms with E-state index in [-0.39, 0.29) is 11.7 Å². The van der Waals surface area contributed by atoms with Gasteiger partial charge in [-0.3, -0.25) is 4.79 Å². The quantitative estimate of drug-likeness (QED) is 0.227. The number of ether oxygens (including phenoxy) is 1. The normalized spacial score (nSPS) is 11.2. The Kier molecular flexibility index (Phi) is 9.26. The Morgan fingerprint density at radius 2 is 1.36 bits per heavy atom. The molecule has 0 fully saturated rings. The molecule has 0 saturated carbocycles. The first-order valence-electron chi connectivity index (χ1n) is 12.1. The minimum Gasteiger partial charge on any atom is -0.493 e. The summed E-state index contributed by atoms with van der Waals surface area (Å²) >= 11 is 0. The lowest BCUT2D eigenvalue weighted by molar-refractivity contribution is 0.0977. The molecule has 0 amide bonds. The smallest absolute Gasteiger partial charge is 0.163 e. The van der Waals surface area contributed by atoms with Crippen molar-refractivity contribution in [1.29, 1.82) is 0 Å². The Morgan fingerprint density at radius 1 is 0.848 bits per heavy atom. The third kappa shape index (κ3) is 6.79. The fraction of sp³-hybridized carbons (Fsp3) is 0.367. The zero-order valence-corrected chi connectivity index (χ0v) is 20.5. The van der Waals surface area contributed by atoms with Gasteiger partial charge in [-0.05, 0) is 67.7 Å². The number of carbonyl (C=O) groups excluding carboxylic acids is 1. The van der Waals surface area contributed by atoms with Crippen LogP contribution in [0, 0.1) is 13.8 Å². The number of ketones is 1. The molecular formula is C30H37NO2. The lowest BCUT2D eigenvalue weighted by Gasteiger charge is -2.20. The summed E-state index contributed by atoms with van der Waals surface area (Å²) in [5.41, 5.74) is 5.14. The lowest BCUT2D eigenvalue weighted by atomic mass is 9.85. The molecule has 3 rings (SSSR count). The number of aryl methyl sites for hydroxylation is 2. The predicted octanol–water partition coefficient (Wildman–Crippen LogP) is 6.82. The van der Waals surface area contributed by atoms with Crippen LogP contribution in [-0.4, -0.2) is 36.9 Å². The minimum atomic E-state index is 0.0384. The van der Waals surface area contributed by atoms with E-state index in [0.29, 0.717) is 13.0 Å². The van der Waals surface area contributed by atoms with Crippen molar-refractivity contribution < 1.29 is 9.53 Å². The van der Waals surface area contributed by atoms with Crippen molar-refractivity contribution in [2.45, 2.75) is 46.5 Å². The van der Waals surface area contributed by atoms with E-state index in [1.807, 2.05) is 62.4 Å². The molecule has 33 heavy (non-hydrogen) atoms. The number of hydrogen-bond donors (Lipinski definition) is 0. The summed E-state index contributed by atoms with van der Waals surface area (Å²) in [6, 6.07) is 24.6. The van der Waals surface area contributed by atoms with Crippen LogP contribution in [0.1, 0.15) is 65.2 Å². The molecule has 3 nitrogen and oxygen atoms in total. The van der Waals surface area contributed by atoms with Gasteiger partial charge in [0.25, 0.3) is 0 Å². The number of nitrogens with zero attached hydrogens (tertiary/aromatic N) is 1. The van der Waals surface area contributed by atoms with Crippen molar-refractivity contribution >= 4 is 5.78 Å². The van der Waals surface area contributed by atoms with Crippen LogP contribution in [0.2, 0.25) is 0 Å². The highest BCUT2D eigenvalue weighted by atomic mass is 16.5. The molecule has 0 aliphatic heterocycles. The maximum absolute atomic E-state index is 13.4. The fourth-order valence-electron chi connectivity index (χ4n) is 4.44. The number of Topliss-reactive ketones (excluding diaryl/α,β-unsaturated/α-hetero) is 1. The van der Waals surface area contributed by atoms with Gasteiger partial charge < -0.3 is 9.64 Å². The van der Waals surface area contributed by atoms with Crippen LogP contribution in [0.15, 0.2) is 72.8 Å². The van der Waals surface area contributed by atoms with Gasteiger partial charge in [0, 0.05) is 24.4 Å². The highest BCUT2D eigenvalue weighted by Crippen LogP contribution is 2.31. The molecule has 0 spiro atoms. The Morgan fingerprint density at radius 3 is 1.85 bits per heavy atom. The van der Waals surface area contributed by atoms with Gasteiger partial charge in [-0.25, -0.2) is 0 Å². The second-order valence-corrected chi connectivity index (χ2v) is 8.67. The molecule has 3 aromatic rings. The third-order valence-electron chi connectivity index (χ3n) is 6.34. The highest BCUT2D eigenvalue weighted by Gasteiger charge is 2.20. The average molecular weight is 444 g/mol. The topological polar surface area (TPSA) is 29.5 Å². The molecule has 0 atom stereocenters. The molecule has 0 heterocycles. The number of benzene rings is 3. The second kappa shape index (κ2) is 12.4. The zero-order valence-electron chi connectivity index (χ0n) is 20.5. The fourth-order valence-corrected chi connectivity index (χ4v) is 4.44. The van der Waals surface area contributed by atoms with Crippen LogP contribution in [0.5, 0.6) is 5.75 Å². The second-order valence-electron chi connectivity index (χ2n) is 8.67. The van der Waals surface area contributed by atoms with Crippen molar-refractivity contribution in [3.8, 4) is 5.75 Å². The number of hydrogen-bond acceptors (Lipinski definition) is 3. The molecule has 0 radical (unpaired) electrons. The summed E-state index contributed by atoms with van der Waals surface area (Å²) in [4.78, 5) is 15.8. The van der Waals surface area contributed by atoms with Gasteiger partial charge in [-0.2, -0.15) is 0 Å². The van der Waals surface area contributed by atoms with E-state index in [1.165, 1.54) is 11.1 Å². The van der Waals surface area contributed by atoms with E-state index in [1.54, 1.807) is 0 Å². The van der Waals surface area contributed by atoms with Gasteiger partial charge >= 0.3 is 0 Å². The standard InChI is InChI=1S/C30H37NO2/c1-5-31(6-2)18-13-19-33-30-23(3)20-27(21-24(30)4)29(32)22-28(25-14-9-7-10-15-25)26-16-11-8-12-17-26/h7-12,14-17,20-21,28H,5-6,13,18-19,22H2,1-4H3. The first-order valence-corrected chi connectivity index (χ1v) is 12.1. The maximum atomic E-state index is 13.4. The molecular weight excluding hydrogens is 406 g/mol. The minimum absolute atomic E-state index is 0.0384. The molecule has 0 aromatic heterocycles. The Balaban J connectivity index is 1.72. The molecule has 3 heteroatoms. The van der Waals surface area contributed by atoms with Crippen molar-refractivity contribution in [2.24, 2.45) is 0 Å². The Hall–Kier alpha value is -2.91. The van der Waals surface area contributed by atoms with Crippen molar-refractivity contribution in [2.75, 3.05) is 26.2 Å². The molecule has 174 valence electrons. The molecule has 0 N–H and O–H groups in total. The largest absolute Gasteiger partial charge is 0.493 e. The monoisotopic (exact) mass is 443 g/mol. The van der Waals surface area contributed by atoms with Crippen LogP contribution >= 0.6 is 0 Å². The third-order valence-corrected chi connectivity index (χ3v) is 6.34. The molecule has 0 unspecified atom stereocenters. The zero-order chi connectivity index (χ0) is 23.6. The van der Waals surface area contributed by atoms with E-state index in [0.717, 1.165) is 48.5 Å². The Labute approximate surface area is 199 Å². The van der Waals surface area contributed by atoms with Crippen molar-refractivity contribution in [3.05, 3.63) is 101 Å². The summed E-state index contributed by atoms with van der Waals surface area (Å²) in [6.07, 6.45) is 1.44. The van der Waals surface area contributed by atoms with E-state index >= 15 is 0 Å². The van der Waals surface area contributed by atoms with Gasteiger partial charge in [0.1, 0.15) is 5.75 Å². The summed E-state index contributed by atoms with van der Waals surface area (Å²) < 4.78 is 6.12. The van der Waals surface area contributed by atoms with E-state index in [2.05, 4.69) is 43.0 Å². The van der Waals surface area contributed by atoms with E-state index < -0.39 is 0 Å². The molecule has 0 saturated heterocycles. The average Bonchev–Trinajstić information content (AvgIpc) is 2.84. The first-order chi connectivity index (χ1) is 16.0. The van der Waals surface area contributed by atoms with Crippen molar-refractivity contribution in [3.63, 3.8) is 0 Å². The SMILES string of the molecule is CCN(CC)CCCOc1c(C)cc(C(=O)CC(c2ccccc2)c2ccccc2)cc1C. The van der Waals surface area contributed by atoms with E-state index in [4.69, 9.17) is 4.74 Å². The first kappa shape index (κ1) is 24.7. The Bertz CT molecular complexity index is 947. The van der Waals surface area contributed by atoms with Gasteiger partial charge in [0.2, 0.25) is 0 Å². The van der Waals surface area contributed by atoms with E-state index in [9.17, 15) is 4.79 Å². The van der Waals surface area contributed by atoms with Crippen LogP contribution in [0.3, 0.4) is 0 Å². The predicted molar refractivity (Wildman–Crippen MR) is 137 cm³/mol. The number of rotatable bonds is 12. The van der Waals surface area contributed by atoms with Crippen LogP contribution in [0.4, 0.5) is 0 Å². The highest BCUT2D eigenvalue weighted by molar-refractivity contribution is 5.97. The summed E-state index contributed by atoms with van der Waals surface area (Å²) in [5.74, 6) is 1.11. The van der Waals surface area contributed by atoms with Gasteiger partial charge in [0.15, 0.2) is 5.78 Å². The molecule has 3 aromatic carbocycles. The van der Waals surface area contributed by atoms with Crippen LogP contribution in [-0.2, 0) is 0 Å². The van der Waals surface area contributed by atoms with Gasteiger partial charge in [-0.15, -0.1) is 0 Å². The van der Waals surface area contributed by atoms with Crippen LogP contribution < -0.4 is 4.74 Å². The molecule has 0 aliphatic rings. The van der Waals surface area contributed by atoms with Gasteiger partial charge in [-0.1, -0.05) is 74.5 Å². The molecule has 0 bridgehead atoms.